The van der Waals surface area contributed by atoms with E-state index in [9.17, 15) is 0 Å². The Bertz CT molecular complexity index is 382. The van der Waals surface area contributed by atoms with Gasteiger partial charge in [-0.05, 0) is 49.4 Å². The molecule has 0 bridgehead atoms. The molecular weight excluding hydrogens is 230 g/mol. The van der Waals surface area contributed by atoms with Crippen molar-refractivity contribution in [1.29, 1.82) is 0 Å². The maximum Gasteiger partial charge on any atom is 0.0297 e. The molecule has 0 aliphatic rings. The van der Waals surface area contributed by atoms with Crippen molar-refractivity contribution < 1.29 is 0 Å². The zero-order valence-corrected chi connectivity index (χ0v) is 13.3. The molecule has 2 N–H and O–H groups in total. The predicted octanol–water partition coefficient (Wildman–Crippen LogP) is 5.36. The van der Waals surface area contributed by atoms with Crippen LogP contribution >= 0.6 is 0 Å². The lowest BCUT2D eigenvalue weighted by Crippen LogP contribution is -2.12. The Kier molecular flexibility index (Phi) is 7.15. The number of benzene rings is 1. The largest absolute Gasteiger partial charge is 0.324 e. The van der Waals surface area contributed by atoms with Crippen LogP contribution in [0.5, 0.6) is 0 Å². The molecule has 0 saturated carbocycles. The average molecular weight is 261 g/mol. The summed E-state index contributed by atoms with van der Waals surface area (Å²) in [5.41, 5.74) is 11.8. The van der Waals surface area contributed by atoms with Crippen LogP contribution in [0.4, 0.5) is 0 Å². The number of hydrogen-bond acceptors (Lipinski definition) is 1. The maximum atomic E-state index is 6.36. The summed E-state index contributed by atoms with van der Waals surface area (Å²) >= 11 is 0. The monoisotopic (exact) mass is 261 g/mol. The second-order valence-corrected chi connectivity index (χ2v) is 5.96. The molecule has 0 saturated heterocycles. The quantitative estimate of drug-likeness (QED) is 0.626. The minimum atomic E-state index is 0.213. The van der Waals surface area contributed by atoms with E-state index in [0.29, 0.717) is 0 Å². The van der Waals surface area contributed by atoms with Crippen molar-refractivity contribution >= 4 is 0 Å². The second-order valence-electron chi connectivity index (χ2n) is 5.96. The number of hydrogen-bond donors (Lipinski definition) is 1. The Morgan fingerprint density at radius 3 is 2.11 bits per heavy atom. The van der Waals surface area contributed by atoms with Crippen molar-refractivity contribution in [1.82, 2.24) is 0 Å². The first kappa shape index (κ1) is 16.2. The van der Waals surface area contributed by atoms with E-state index in [1.165, 1.54) is 60.8 Å². The van der Waals surface area contributed by atoms with Crippen molar-refractivity contribution in [3.8, 4) is 0 Å². The van der Waals surface area contributed by atoms with Crippen molar-refractivity contribution in [3.05, 3.63) is 34.4 Å². The molecule has 1 heteroatoms. The van der Waals surface area contributed by atoms with Crippen molar-refractivity contribution in [2.45, 2.75) is 78.7 Å². The molecule has 0 aliphatic heterocycles. The van der Waals surface area contributed by atoms with Gasteiger partial charge in [-0.3, -0.25) is 0 Å². The summed E-state index contributed by atoms with van der Waals surface area (Å²) < 4.78 is 0. The molecule has 0 spiro atoms. The number of unbranched alkanes of at least 4 members (excludes halogenated alkanes) is 5. The lowest BCUT2D eigenvalue weighted by atomic mass is 9.93. The van der Waals surface area contributed by atoms with E-state index in [1.54, 1.807) is 0 Å². The van der Waals surface area contributed by atoms with E-state index in [4.69, 9.17) is 5.73 Å². The summed E-state index contributed by atoms with van der Waals surface area (Å²) in [6.07, 6.45) is 9.16. The van der Waals surface area contributed by atoms with Crippen LogP contribution in [0.1, 0.15) is 80.2 Å². The fourth-order valence-corrected chi connectivity index (χ4v) is 2.68. The Labute approximate surface area is 119 Å². The highest BCUT2D eigenvalue weighted by molar-refractivity contribution is 5.38. The number of rotatable bonds is 8. The first-order valence-corrected chi connectivity index (χ1v) is 7.89. The topological polar surface area (TPSA) is 26.0 Å². The van der Waals surface area contributed by atoms with Gasteiger partial charge < -0.3 is 5.73 Å². The van der Waals surface area contributed by atoms with Gasteiger partial charge in [-0.15, -0.1) is 0 Å². The molecule has 0 aromatic heterocycles. The van der Waals surface area contributed by atoms with Crippen molar-refractivity contribution in [2.24, 2.45) is 5.73 Å². The minimum absolute atomic E-state index is 0.213. The van der Waals surface area contributed by atoms with Gasteiger partial charge >= 0.3 is 0 Å². The summed E-state index contributed by atoms with van der Waals surface area (Å²) in [6, 6.07) is 4.77. The summed E-state index contributed by atoms with van der Waals surface area (Å²) in [7, 11) is 0. The van der Waals surface area contributed by atoms with Crippen LogP contribution in [0, 0.1) is 20.8 Å². The molecule has 1 rings (SSSR count). The Balaban J connectivity index is 2.41. The zero-order valence-electron chi connectivity index (χ0n) is 13.3. The zero-order chi connectivity index (χ0) is 14.3. The van der Waals surface area contributed by atoms with Crippen LogP contribution in [-0.4, -0.2) is 0 Å². The fraction of sp³-hybridized carbons (Fsp3) is 0.667. The summed E-state index contributed by atoms with van der Waals surface area (Å²) in [4.78, 5) is 0. The molecule has 1 aromatic rings. The van der Waals surface area contributed by atoms with E-state index < -0.39 is 0 Å². The summed E-state index contributed by atoms with van der Waals surface area (Å²) in [5.74, 6) is 0. The summed E-state index contributed by atoms with van der Waals surface area (Å²) in [6.45, 7) is 8.79. The lowest BCUT2D eigenvalue weighted by molar-refractivity contribution is 0.546. The third kappa shape index (κ3) is 5.36. The molecule has 1 unspecified atom stereocenters. The first-order valence-electron chi connectivity index (χ1n) is 7.89. The van der Waals surface area contributed by atoms with Gasteiger partial charge in [-0.1, -0.05) is 57.6 Å². The standard InChI is InChI=1S/C18H31N/c1-5-6-7-8-9-10-11-18(19)17-13-15(3)14(2)12-16(17)4/h12-13,18H,5-11,19H2,1-4H3. The molecule has 19 heavy (non-hydrogen) atoms. The summed E-state index contributed by atoms with van der Waals surface area (Å²) in [5, 5.41) is 0. The highest BCUT2D eigenvalue weighted by Crippen LogP contribution is 2.24. The van der Waals surface area contributed by atoms with Gasteiger partial charge in [-0.25, -0.2) is 0 Å². The van der Waals surface area contributed by atoms with E-state index in [-0.39, 0.29) is 6.04 Å². The highest BCUT2D eigenvalue weighted by Gasteiger charge is 2.10. The Morgan fingerprint density at radius 1 is 0.842 bits per heavy atom. The van der Waals surface area contributed by atoms with Crippen LogP contribution in [0.3, 0.4) is 0 Å². The van der Waals surface area contributed by atoms with Gasteiger partial charge in [-0.2, -0.15) is 0 Å². The van der Waals surface area contributed by atoms with Crippen LogP contribution in [0.2, 0.25) is 0 Å². The highest BCUT2D eigenvalue weighted by atomic mass is 14.6. The predicted molar refractivity (Wildman–Crippen MR) is 85.6 cm³/mol. The number of aryl methyl sites for hydroxylation is 3. The van der Waals surface area contributed by atoms with E-state index >= 15 is 0 Å². The van der Waals surface area contributed by atoms with Crippen LogP contribution in [0.25, 0.3) is 0 Å². The van der Waals surface area contributed by atoms with Gasteiger partial charge in [0.2, 0.25) is 0 Å². The molecule has 0 radical (unpaired) electrons. The van der Waals surface area contributed by atoms with Gasteiger partial charge in [0.25, 0.3) is 0 Å². The first-order chi connectivity index (χ1) is 9.06. The molecule has 0 fully saturated rings. The molecule has 1 aromatic carbocycles. The van der Waals surface area contributed by atoms with Crippen molar-refractivity contribution in [3.63, 3.8) is 0 Å². The Hall–Kier alpha value is -0.820. The van der Waals surface area contributed by atoms with Gasteiger partial charge in [0, 0.05) is 6.04 Å². The molecule has 108 valence electrons. The molecule has 1 nitrogen and oxygen atoms in total. The smallest absolute Gasteiger partial charge is 0.0297 e. The Morgan fingerprint density at radius 2 is 1.42 bits per heavy atom. The molecule has 1 atom stereocenters. The number of nitrogens with two attached hydrogens (primary N) is 1. The van der Waals surface area contributed by atoms with Gasteiger partial charge in [0.15, 0.2) is 0 Å². The molecular formula is C18H31N. The molecule has 0 amide bonds. The van der Waals surface area contributed by atoms with Crippen LogP contribution in [0.15, 0.2) is 12.1 Å². The van der Waals surface area contributed by atoms with Gasteiger partial charge in [0.1, 0.15) is 0 Å². The van der Waals surface area contributed by atoms with E-state index in [2.05, 4.69) is 39.8 Å². The van der Waals surface area contributed by atoms with E-state index in [1.807, 2.05) is 0 Å². The fourth-order valence-electron chi connectivity index (χ4n) is 2.68. The normalized spacial score (nSPS) is 12.7. The lowest BCUT2D eigenvalue weighted by Gasteiger charge is -2.17. The van der Waals surface area contributed by atoms with E-state index in [0.717, 1.165) is 6.42 Å². The van der Waals surface area contributed by atoms with Gasteiger partial charge in [0.05, 0.1) is 0 Å². The maximum absolute atomic E-state index is 6.36. The molecule has 0 heterocycles. The third-order valence-electron chi connectivity index (χ3n) is 4.15. The van der Waals surface area contributed by atoms with Crippen LogP contribution in [-0.2, 0) is 0 Å². The van der Waals surface area contributed by atoms with Crippen molar-refractivity contribution in [2.75, 3.05) is 0 Å². The third-order valence-corrected chi connectivity index (χ3v) is 4.15. The average Bonchev–Trinajstić information content (AvgIpc) is 2.37. The SMILES string of the molecule is CCCCCCCCC(N)c1cc(C)c(C)cc1C. The second kappa shape index (κ2) is 8.37. The minimum Gasteiger partial charge on any atom is -0.324 e. The molecule has 0 aliphatic carbocycles. The van der Waals surface area contributed by atoms with Crippen LogP contribution < -0.4 is 5.73 Å².